The van der Waals surface area contributed by atoms with E-state index in [1.807, 2.05) is 22.9 Å². The molecule has 2 aromatic carbocycles. The van der Waals surface area contributed by atoms with Crippen molar-refractivity contribution in [3.05, 3.63) is 68.7 Å². The number of carbonyl (C=O) groups is 1. The fourth-order valence-electron chi connectivity index (χ4n) is 5.13. The second kappa shape index (κ2) is 7.06. The molecule has 0 spiro atoms. The van der Waals surface area contributed by atoms with Crippen molar-refractivity contribution in [3.63, 3.8) is 0 Å². The summed E-state index contributed by atoms with van der Waals surface area (Å²) in [5, 5.41) is 5.35. The van der Waals surface area contributed by atoms with E-state index in [0.29, 0.717) is 28.1 Å². The highest BCUT2D eigenvalue weighted by molar-refractivity contribution is 6.32. The Hall–Kier alpha value is -2.37. The van der Waals surface area contributed by atoms with Crippen molar-refractivity contribution < 1.29 is 9.18 Å². The summed E-state index contributed by atoms with van der Waals surface area (Å²) >= 11 is 12.5. The fourth-order valence-corrected chi connectivity index (χ4v) is 5.46. The summed E-state index contributed by atoms with van der Waals surface area (Å²) in [5.41, 5.74) is 5.12. The lowest BCUT2D eigenvalue weighted by Crippen LogP contribution is -2.34. The van der Waals surface area contributed by atoms with Crippen molar-refractivity contribution in [2.24, 2.45) is 5.92 Å². The molecule has 32 heavy (non-hydrogen) atoms. The molecule has 1 amide bonds. The molecule has 2 aliphatic heterocycles. The molecule has 6 rings (SSSR count). The van der Waals surface area contributed by atoms with Gasteiger partial charge >= 0.3 is 0 Å². The van der Waals surface area contributed by atoms with E-state index >= 15 is 4.39 Å². The number of anilines is 1. The first-order valence-electron chi connectivity index (χ1n) is 11.1. The highest BCUT2D eigenvalue weighted by atomic mass is 35.5. The topological polar surface area (TPSA) is 38.1 Å². The molecule has 1 atom stereocenters. The molecular formula is C25H22Cl2FN3O. The zero-order valence-corrected chi connectivity index (χ0v) is 19.3. The van der Waals surface area contributed by atoms with Gasteiger partial charge in [0.25, 0.3) is 5.91 Å². The molecule has 164 valence electrons. The van der Waals surface area contributed by atoms with Crippen LogP contribution in [0.2, 0.25) is 10.0 Å². The highest BCUT2D eigenvalue weighted by Gasteiger charge is 2.50. The molecule has 7 heteroatoms. The number of aromatic nitrogens is 2. The summed E-state index contributed by atoms with van der Waals surface area (Å²) < 4.78 is 17.4. The summed E-state index contributed by atoms with van der Waals surface area (Å²) in [6.45, 7) is 5.15. The fraction of sp³-hybridized carbons (Fsp3) is 0.360. The first-order valence-corrected chi connectivity index (χ1v) is 11.8. The predicted octanol–water partition coefficient (Wildman–Crippen LogP) is 6.98. The molecule has 3 aromatic rings. The molecule has 0 saturated heterocycles. The molecule has 1 saturated carbocycles. The van der Waals surface area contributed by atoms with Crippen LogP contribution in [0.25, 0.3) is 11.1 Å². The maximum Gasteiger partial charge on any atom is 0.280 e. The summed E-state index contributed by atoms with van der Waals surface area (Å²) in [6, 6.07) is 8.51. The van der Waals surface area contributed by atoms with Gasteiger partial charge in [-0.15, -0.1) is 0 Å². The molecule has 0 bridgehead atoms. The average molecular weight is 470 g/mol. The van der Waals surface area contributed by atoms with Crippen molar-refractivity contribution in [3.8, 4) is 11.1 Å². The average Bonchev–Trinajstić information content (AvgIpc) is 3.47. The largest absolute Gasteiger partial charge is 0.292 e. The molecule has 0 N–H and O–H groups in total. The van der Waals surface area contributed by atoms with Gasteiger partial charge in [-0.1, -0.05) is 49.2 Å². The Balaban J connectivity index is 1.61. The van der Waals surface area contributed by atoms with E-state index in [-0.39, 0.29) is 16.6 Å². The van der Waals surface area contributed by atoms with E-state index in [2.05, 4.69) is 13.8 Å². The minimum Gasteiger partial charge on any atom is -0.292 e. The summed E-state index contributed by atoms with van der Waals surface area (Å²) in [6.07, 6.45) is 3.16. The van der Waals surface area contributed by atoms with Crippen LogP contribution in [0.5, 0.6) is 0 Å². The van der Waals surface area contributed by atoms with Crippen LogP contribution in [0.1, 0.15) is 72.4 Å². The molecule has 1 aliphatic carbocycles. The van der Waals surface area contributed by atoms with E-state index in [9.17, 15) is 4.79 Å². The van der Waals surface area contributed by atoms with Gasteiger partial charge in [0.1, 0.15) is 0 Å². The van der Waals surface area contributed by atoms with Gasteiger partial charge in [0.05, 0.1) is 16.8 Å². The molecule has 1 aromatic heterocycles. The maximum atomic E-state index is 15.4. The molecule has 1 unspecified atom stereocenters. The summed E-state index contributed by atoms with van der Waals surface area (Å²) in [4.78, 5) is 15.3. The van der Waals surface area contributed by atoms with Crippen LogP contribution in [0, 0.1) is 11.7 Å². The third-order valence-corrected chi connectivity index (χ3v) is 7.30. The van der Waals surface area contributed by atoms with Crippen molar-refractivity contribution in [1.29, 1.82) is 0 Å². The standard InChI is InChI=1S/C25H22Cl2FN3O/c1-12(2)9-10-30-22(13-3-4-13)19-21(29-30)25(32)31-23(19)15-6-5-14(26)11-17(15)16-7-8-18(27)20(28)24(16)31/h5-8,11-13,23H,3-4,9-10H2,1-2H3. The summed E-state index contributed by atoms with van der Waals surface area (Å²) in [5.74, 6) is 0.0821. The number of halogens is 3. The SMILES string of the molecule is CC(C)CCn1nc2c(c1C1CC1)C1c3ccc(Cl)cc3-c3ccc(Cl)c(F)c3N1C2=O. The van der Waals surface area contributed by atoms with E-state index < -0.39 is 11.9 Å². The molecule has 3 heterocycles. The Kier molecular flexibility index (Phi) is 4.47. The number of carbonyl (C=O) groups excluding carboxylic acids is 1. The van der Waals surface area contributed by atoms with Gasteiger partial charge in [-0.3, -0.25) is 14.4 Å². The molecule has 4 nitrogen and oxygen atoms in total. The van der Waals surface area contributed by atoms with Crippen LogP contribution in [0.4, 0.5) is 10.1 Å². The first-order chi connectivity index (χ1) is 15.4. The van der Waals surface area contributed by atoms with Gasteiger partial charge in [-0.05, 0) is 54.5 Å². The smallest absolute Gasteiger partial charge is 0.280 e. The van der Waals surface area contributed by atoms with Crippen molar-refractivity contribution in [1.82, 2.24) is 9.78 Å². The lowest BCUT2D eigenvalue weighted by molar-refractivity contribution is 0.0986. The van der Waals surface area contributed by atoms with Gasteiger partial charge in [0.15, 0.2) is 11.5 Å². The number of aryl methyl sites for hydroxylation is 1. The number of hydrogen-bond donors (Lipinski definition) is 0. The normalized spacial score (nSPS) is 18.6. The third-order valence-electron chi connectivity index (χ3n) is 6.78. The minimum atomic E-state index is -0.584. The van der Waals surface area contributed by atoms with E-state index in [1.165, 1.54) is 6.07 Å². The number of rotatable bonds is 4. The number of nitrogens with zero attached hydrogens (tertiary/aromatic N) is 3. The van der Waals surface area contributed by atoms with Gasteiger partial charge in [0, 0.05) is 34.3 Å². The van der Waals surface area contributed by atoms with E-state index in [0.717, 1.165) is 48.2 Å². The third kappa shape index (κ3) is 2.80. The second-order valence-electron chi connectivity index (χ2n) is 9.39. The molecule has 0 radical (unpaired) electrons. The monoisotopic (exact) mass is 469 g/mol. The zero-order valence-electron chi connectivity index (χ0n) is 17.8. The Morgan fingerprint density at radius 3 is 2.66 bits per heavy atom. The highest BCUT2D eigenvalue weighted by Crippen LogP contribution is 2.56. The van der Waals surface area contributed by atoms with Gasteiger partial charge in [0.2, 0.25) is 0 Å². The van der Waals surface area contributed by atoms with Crippen LogP contribution in [0.3, 0.4) is 0 Å². The Bertz CT molecular complexity index is 1290. The van der Waals surface area contributed by atoms with Crippen LogP contribution in [-0.4, -0.2) is 15.7 Å². The summed E-state index contributed by atoms with van der Waals surface area (Å²) in [7, 11) is 0. The molecular weight excluding hydrogens is 448 g/mol. The minimum absolute atomic E-state index is 0.00488. The van der Waals surface area contributed by atoms with Crippen LogP contribution >= 0.6 is 23.2 Å². The van der Waals surface area contributed by atoms with E-state index in [1.54, 1.807) is 11.0 Å². The predicted molar refractivity (Wildman–Crippen MR) is 124 cm³/mol. The second-order valence-corrected chi connectivity index (χ2v) is 10.2. The molecule has 1 fully saturated rings. The van der Waals surface area contributed by atoms with E-state index in [4.69, 9.17) is 28.3 Å². The van der Waals surface area contributed by atoms with Crippen molar-refractivity contribution >= 4 is 34.8 Å². The number of amides is 1. The first kappa shape index (κ1) is 20.3. The number of benzene rings is 2. The lowest BCUT2D eigenvalue weighted by atomic mass is 9.86. The van der Waals surface area contributed by atoms with Gasteiger partial charge in [-0.2, -0.15) is 5.10 Å². The lowest BCUT2D eigenvalue weighted by Gasteiger charge is -2.35. The Morgan fingerprint density at radius 1 is 1.16 bits per heavy atom. The maximum absolute atomic E-state index is 15.4. The molecule has 3 aliphatic rings. The number of fused-ring (bicyclic) bond motifs is 8. The Morgan fingerprint density at radius 2 is 1.94 bits per heavy atom. The number of hydrogen-bond acceptors (Lipinski definition) is 2. The quantitative estimate of drug-likeness (QED) is 0.413. The van der Waals surface area contributed by atoms with Crippen LogP contribution in [0.15, 0.2) is 30.3 Å². The van der Waals surface area contributed by atoms with Crippen LogP contribution < -0.4 is 4.90 Å². The zero-order chi connectivity index (χ0) is 22.3. The van der Waals surface area contributed by atoms with Crippen molar-refractivity contribution in [2.75, 3.05) is 4.90 Å². The Labute approximate surface area is 195 Å². The van der Waals surface area contributed by atoms with Crippen molar-refractivity contribution in [2.45, 2.75) is 51.6 Å². The van der Waals surface area contributed by atoms with Gasteiger partial charge in [-0.25, -0.2) is 4.39 Å². The van der Waals surface area contributed by atoms with Crippen LogP contribution in [-0.2, 0) is 6.54 Å². The van der Waals surface area contributed by atoms with Gasteiger partial charge < -0.3 is 0 Å².